The van der Waals surface area contributed by atoms with Crippen molar-refractivity contribution >= 4 is 0 Å². The molecule has 0 nitrogen and oxygen atoms in total. The van der Waals surface area contributed by atoms with Gasteiger partial charge in [-0.2, -0.15) is 6.42 Å². The summed E-state index contributed by atoms with van der Waals surface area (Å²) in [6.07, 6.45) is 2.28. The summed E-state index contributed by atoms with van der Waals surface area (Å²) in [6.45, 7) is 11.7. The molecule has 0 aliphatic carbocycles. The summed E-state index contributed by atoms with van der Waals surface area (Å²) in [7, 11) is 0. The zero-order valence-corrected chi connectivity index (χ0v) is 5.54. The van der Waals surface area contributed by atoms with Crippen LogP contribution in [0.25, 0.3) is 0 Å². The molecule has 0 rings (SSSR count). The molecule has 38 valence electrons. The first-order chi connectivity index (χ1) is 2.91. The van der Waals surface area contributed by atoms with Gasteiger partial charge in [-0.15, -0.1) is 13.2 Å². The number of hydrogen-bond donors (Lipinski definition) is 0. The van der Waals surface area contributed by atoms with Gasteiger partial charge in [0.25, 0.3) is 0 Å². The molecule has 0 spiro atoms. The Bertz CT molecular complexity index is 11.7. The smallest absolute Gasteiger partial charge is 0.343 e. The minimum atomic E-state index is 0. The molecule has 0 aliphatic rings. The molecule has 0 aromatic heterocycles. The van der Waals surface area contributed by atoms with Crippen LogP contribution < -0.4 is 18.9 Å². The van der Waals surface area contributed by atoms with Gasteiger partial charge in [0, 0.05) is 0 Å². The molecule has 0 N–H and O–H groups in total. The van der Waals surface area contributed by atoms with Gasteiger partial charge in [-0.1, -0.05) is 13.3 Å². The second-order valence-electron chi connectivity index (χ2n) is 0.854. The normalized spacial score (nSPS) is 4.86. The van der Waals surface area contributed by atoms with E-state index in [1.165, 1.54) is 6.42 Å². The van der Waals surface area contributed by atoms with Crippen molar-refractivity contribution in [2.24, 2.45) is 0 Å². The topological polar surface area (TPSA) is 0 Å². The summed E-state index contributed by atoms with van der Waals surface area (Å²) in [6, 6.07) is 0. The summed E-state index contributed by atoms with van der Waals surface area (Å²) in [5, 5.41) is 0. The van der Waals surface area contributed by atoms with E-state index in [0.29, 0.717) is 0 Å². The molecule has 0 fully saturated rings. The van der Waals surface area contributed by atoms with E-state index < -0.39 is 0 Å². The van der Waals surface area contributed by atoms with Gasteiger partial charge in [0.05, 0.1) is 0 Å². The van der Waals surface area contributed by atoms with Crippen LogP contribution in [0.5, 0.6) is 0 Å². The number of unbranched alkanes of at least 4 members (excludes halogenated alkanes) is 1. The second kappa shape index (κ2) is 33.0. The summed E-state index contributed by atoms with van der Waals surface area (Å²) in [5.74, 6) is 0. The minimum Gasteiger partial charge on any atom is -0.343 e. The van der Waals surface area contributed by atoms with E-state index in [2.05, 4.69) is 27.0 Å². The van der Waals surface area contributed by atoms with E-state index in [1.54, 1.807) is 0 Å². The number of hydrogen-bond acceptors (Lipinski definition) is 0. The molecule has 1 heteroatoms. The van der Waals surface area contributed by atoms with Crippen LogP contribution >= 0.6 is 0 Å². The summed E-state index contributed by atoms with van der Waals surface area (Å²) < 4.78 is 0. The van der Waals surface area contributed by atoms with E-state index in [0.717, 1.165) is 6.42 Å². The standard InChI is InChI=1S/C4H9.C2H4.Li/c1-3-4-2;1-2;/h1,3-4H2,2H3;1-2H2;/q-1;;+1. The Kier molecular flexibility index (Phi) is 73.9. The summed E-state index contributed by atoms with van der Waals surface area (Å²) in [4.78, 5) is 0. The van der Waals surface area contributed by atoms with Crippen LogP contribution in [0, 0.1) is 6.92 Å². The first-order valence-electron chi connectivity index (χ1n) is 2.21. The molecule has 0 amide bonds. The van der Waals surface area contributed by atoms with Gasteiger partial charge in [-0.05, 0) is 0 Å². The zero-order valence-electron chi connectivity index (χ0n) is 5.54. The van der Waals surface area contributed by atoms with Gasteiger partial charge in [0.1, 0.15) is 0 Å². The predicted molar refractivity (Wildman–Crippen MR) is 31.5 cm³/mol. The van der Waals surface area contributed by atoms with Crippen LogP contribution in [0.15, 0.2) is 13.2 Å². The third-order valence-corrected chi connectivity index (χ3v) is 0.354. The fraction of sp³-hybridized carbons (Fsp3) is 0.500. The fourth-order valence-electron chi connectivity index (χ4n) is 0. The van der Waals surface area contributed by atoms with Gasteiger partial charge in [-0.3, -0.25) is 0 Å². The van der Waals surface area contributed by atoms with E-state index in [1.807, 2.05) is 0 Å². The van der Waals surface area contributed by atoms with Gasteiger partial charge in [0.2, 0.25) is 0 Å². The average molecular weight is 92.1 g/mol. The Balaban J connectivity index is -0.0000000480. The van der Waals surface area contributed by atoms with Crippen molar-refractivity contribution in [2.45, 2.75) is 19.8 Å². The molecule has 0 atom stereocenters. The summed E-state index contributed by atoms with van der Waals surface area (Å²) >= 11 is 0. The zero-order chi connectivity index (χ0) is 5.41. The third-order valence-electron chi connectivity index (χ3n) is 0.354. The Morgan fingerprint density at radius 2 is 1.57 bits per heavy atom. The molecule has 0 aromatic carbocycles. The van der Waals surface area contributed by atoms with Crippen molar-refractivity contribution in [1.82, 2.24) is 0 Å². The second-order valence-corrected chi connectivity index (χ2v) is 0.854. The van der Waals surface area contributed by atoms with Gasteiger partial charge >= 0.3 is 18.9 Å². The van der Waals surface area contributed by atoms with Gasteiger partial charge in [0.15, 0.2) is 0 Å². The van der Waals surface area contributed by atoms with Crippen LogP contribution in [0.1, 0.15) is 19.8 Å². The Hall–Kier alpha value is 0.337. The molecule has 0 aromatic rings. The fourth-order valence-corrected chi connectivity index (χ4v) is 0. The maximum Gasteiger partial charge on any atom is 1.00 e. The van der Waals surface area contributed by atoms with Crippen LogP contribution in [0.3, 0.4) is 0 Å². The van der Waals surface area contributed by atoms with E-state index >= 15 is 0 Å². The molecule has 0 saturated carbocycles. The third kappa shape index (κ3) is 66.7. The Labute approximate surface area is 59.2 Å². The van der Waals surface area contributed by atoms with Crippen molar-refractivity contribution in [2.75, 3.05) is 0 Å². The minimum absolute atomic E-state index is 0. The van der Waals surface area contributed by atoms with Crippen LogP contribution in [0.2, 0.25) is 0 Å². The first-order valence-corrected chi connectivity index (χ1v) is 2.21. The Morgan fingerprint density at radius 1 is 1.43 bits per heavy atom. The predicted octanol–water partition coefficient (Wildman–Crippen LogP) is -0.573. The molecule has 0 bridgehead atoms. The SMILES string of the molecule is C=C.[CH2-]CCC.[Li+]. The van der Waals surface area contributed by atoms with Crippen molar-refractivity contribution < 1.29 is 18.9 Å². The quantitative estimate of drug-likeness (QED) is 0.231. The molecule has 0 heterocycles. The van der Waals surface area contributed by atoms with Crippen LogP contribution in [0.4, 0.5) is 0 Å². The first kappa shape index (κ1) is 15.7. The molecular weight excluding hydrogens is 79.0 g/mol. The van der Waals surface area contributed by atoms with Crippen molar-refractivity contribution in [3.8, 4) is 0 Å². The Morgan fingerprint density at radius 3 is 1.57 bits per heavy atom. The van der Waals surface area contributed by atoms with Gasteiger partial charge in [-0.25, -0.2) is 0 Å². The van der Waals surface area contributed by atoms with Crippen LogP contribution in [-0.4, -0.2) is 0 Å². The van der Waals surface area contributed by atoms with Crippen molar-refractivity contribution in [3.05, 3.63) is 20.1 Å². The average Bonchev–Trinajstić information content (AvgIpc) is 1.72. The van der Waals surface area contributed by atoms with Gasteiger partial charge < -0.3 is 6.92 Å². The number of rotatable bonds is 1. The van der Waals surface area contributed by atoms with Crippen molar-refractivity contribution in [1.29, 1.82) is 0 Å². The monoisotopic (exact) mass is 92.1 g/mol. The molecule has 0 aliphatic heterocycles. The van der Waals surface area contributed by atoms with E-state index in [9.17, 15) is 0 Å². The maximum absolute atomic E-state index is 3.60. The molecule has 0 unspecified atom stereocenters. The molecule has 0 saturated heterocycles. The van der Waals surface area contributed by atoms with E-state index in [-0.39, 0.29) is 18.9 Å². The van der Waals surface area contributed by atoms with Crippen LogP contribution in [-0.2, 0) is 0 Å². The van der Waals surface area contributed by atoms with Crippen molar-refractivity contribution in [3.63, 3.8) is 0 Å². The summed E-state index contributed by atoms with van der Waals surface area (Å²) in [5.41, 5.74) is 0. The largest absolute Gasteiger partial charge is 1.00 e. The molecule has 7 heavy (non-hydrogen) atoms. The molecule has 0 radical (unpaired) electrons. The van der Waals surface area contributed by atoms with E-state index in [4.69, 9.17) is 0 Å². The molecular formula is C6H13Li. The maximum atomic E-state index is 3.60.